The van der Waals surface area contributed by atoms with Crippen molar-refractivity contribution in [2.24, 2.45) is 0 Å². The maximum atomic E-state index is 13.0. The van der Waals surface area contributed by atoms with Crippen LogP contribution in [0.2, 0.25) is 0 Å². The van der Waals surface area contributed by atoms with E-state index in [9.17, 15) is 9.59 Å². The average molecular weight is 368 g/mol. The first kappa shape index (κ1) is 17.3. The number of imide groups is 1. The summed E-state index contributed by atoms with van der Waals surface area (Å²) in [6.45, 7) is 3.64. The van der Waals surface area contributed by atoms with Gasteiger partial charge < -0.3 is 14.3 Å². The lowest BCUT2D eigenvalue weighted by atomic mass is 9.99. The van der Waals surface area contributed by atoms with Gasteiger partial charge in [-0.3, -0.25) is 9.69 Å². The zero-order valence-electron chi connectivity index (χ0n) is 15.2. The lowest BCUT2D eigenvalue weighted by Crippen LogP contribution is -2.40. The second-order valence-corrected chi connectivity index (χ2v) is 6.80. The number of aromatic nitrogens is 2. The molecular weight excluding hydrogens is 348 g/mol. The van der Waals surface area contributed by atoms with Crippen LogP contribution >= 0.6 is 0 Å². The van der Waals surface area contributed by atoms with Crippen molar-refractivity contribution in [1.82, 2.24) is 20.4 Å². The van der Waals surface area contributed by atoms with E-state index in [0.717, 1.165) is 23.1 Å². The van der Waals surface area contributed by atoms with E-state index in [-0.39, 0.29) is 12.4 Å². The van der Waals surface area contributed by atoms with Crippen molar-refractivity contribution in [3.8, 4) is 0 Å². The predicted molar refractivity (Wildman–Crippen MR) is 95.6 cm³/mol. The molecule has 1 aliphatic heterocycles. The molecule has 8 nitrogen and oxygen atoms in total. The van der Waals surface area contributed by atoms with Crippen LogP contribution in [0.3, 0.4) is 0 Å². The van der Waals surface area contributed by atoms with Crippen molar-refractivity contribution >= 4 is 22.9 Å². The lowest BCUT2D eigenvalue weighted by molar-refractivity contribution is -0.132. The van der Waals surface area contributed by atoms with Crippen molar-refractivity contribution in [3.63, 3.8) is 0 Å². The summed E-state index contributed by atoms with van der Waals surface area (Å²) in [5.74, 6) is 0.788. The normalized spacial score (nSPS) is 19.9. The third-order valence-electron chi connectivity index (χ3n) is 4.75. The van der Waals surface area contributed by atoms with Gasteiger partial charge in [-0.1, -0.05) is 36.7 Å². The van der Waals surface area contributed by atoms with E-state index in [1.165, 1.54) is 0 Å². The monoisotopic (exact) mass is 368 g/mol. The van der Waals surface area contributed by atoms with Gasteiger partial charge in [0.25, 0.3) is 5.91 Å². The highest BCUT2D eigenvalue weighted by atomic mass is 16.5. The van der Waals surface area contributed by atoms with Crippen molar-refractivity contribution < 1.29 is 18.5 Å². The third-order valence-corrected chi connectivity index (χ3v) is 4.75. The Morgan fingerprint density at radius 3 is 2.85 bits per heavy atom. The van der Waals surface area contributed by atoms with Crippen LogP contribution in [0.4, 0.5) is 4.79 Å². The molecule has 1 aromatic carbocycles. The summed E-state index contributed by atoms with van der Waals surface area (Å²) in [5.41, 5.74) is -0.618. The largest absolute Gasteiger partial charge is 0.458 e. The van der Waals surface area contributed by atoms with E-state index in [1.807, 2.05) is 24.3 Å². The van der Waals surface area contributed by atoms with Crippen molar-refractivity contribution in [2.45, 2.75) is 45.2 Å². The van der Waals surface area contributed by atoms with Gasteiger partial charge in [0, 0.05) is 11.8 Å². The number of hydrogen-bond donors (Lipinski definition) is 1. The summed E-state index contributed by atoms with van der Waals surface area (Å²) in [6.07, 6.45) is 2.68. The molecule has 0 bridgehead atoms. The molecule has 1 fully saturated rings. The standard InChI is InChI=1S/C19H20N4O4/c1-3-4-9-15-20-16(27-22-15)11-23-17(24)19(2,21-18(23)25)14-10-12-7-5-6-8-13(12)26-14/h5-8,10H,3-4,9,11H2,1-2H3,(H,21,25). The van der Waals surface area contributed by atoms with Gasteiger partial charge in [0.15, 0.2) is 11.4 Å². The molecule has 2 aromatic heterocycles. The molecule has 0 aliphatic carbocycles. The quantitative estimate of drug-likeness (QED) is 0.671. The Morgan fingerprint density at radius 1 is 1.26 bits per heavy atom. The lowest BCUT2D eigenvalue weighted by Gasteiger charge is -2.18. The number of hydrogen-bond acceptors (Lipinski definition) is 6. The van der Waals surface area contributed by atoms with Crippen LogP contribution in [0.15, 0.2) is 39.3 Å². The molecule has 3 heterocycles. The minimum Gasteiger partial charge on any atom is -0.458 e. The molecule has 3 amide bonds. The molecule has 1 N–H and O–H groups in total. The number of aryl methyl sites for hydroxylation is 1. The van der Waals surface area contributed by atoms with E-state index < -0.39 is 17.5 Å². The Balaban J connectivity index is 1.56. The van der Waals surface area contributed by atoms with Crippen LogP contribution in [0.5, 0.6) is 0 Å². The number of para-hydroxylation sites is 1. The topological polar surface area (TPSA) is 101 Å². The Morgan fingerprint density at radius 2 is 2.07 bits per heavy atom. The van der Waals surface area contributed by atoms with Gasteiger partial charge >= 0.3 is 6.03 Å². The zero-order chi connectivity index (χ0) is 19.0. The summed E-state index contributed by atoms with van der Waals surface area (Å²) in [5, 5.41) is 7.48. The van der Waals surface area contributed by atoms with Gasteiger partial charge in [-0.15, -0.1) is 0 Å². The van der Waals surface area contributed by atoms with Crippen LogP contribution in [0, 0.1) is 0 Å². The minimum atomic E-state index is -1.28. The number of benzene rings is 1. The molecule has 0 saturated carbocycles. The fourth-order valence-corrected chi connectivity index (χ4v) is 3.16. The first-order chi connectivity index (χ1) is 13.0. The average Bonchev–Trinajstić information content (AvgIpc) is 3.34. The molecule has 27 heavy (non-hydrogen) atoms. The summed E-state index contributed by atoms with van der Waals surface area (Å²) < 4.78 is 11.0. The molecule has 0 spiro atoms. The Kier molecular flexibility index (Phi) is 4.18. The van der Waals surface area contributed by atoms with Crippen molar-refractivity contribution in [2.75, 3.05) is 0 Å². The SMILES string of the molecule is CCCCc1noc(CN2C(=O)NC(C)(c3cc4ccccc4o3)C2=O)n1. The smallest absolute Gasteiger partial charge is 0.325 e. The molecule has 0 radical (unpaired) electrons. The zero-order valence-corrected chi connectivity index (χ0v) is 15.2. The maximum Gasteiger partial charge on any atom is 0.325 e. The third kappa shape index (κ3) is 2.97. The maximum absolute atomic E-state index is 13.0. The van der Waals surface area contributed by atoms with Crippen LogP contribution in [0.1, 0.15) is 44.2 Å². The number of fused-ring (bicyclic) bond motifs is 1. The molecule has 1 aliphatic rings. The van der Waals surface area contributed by atoms with E-state index in [0.29, 0.717) is 23.6 Å². The Bertz CT molecular complexity index is 975. The summed E-state index contributed by atoms with van der Waals surface area (Å²) in [6, 6.07) is 8.70. The summed E-state index contributed by atoms with van der Waals surface area (Å²) in [7, 11) is 0. The van der Waals surface area contributed by atoms with Crippen LogP contribution < -0.4 is 5.32 Å². The molecule has 4 rings (SSSR count). The van der Waals surface area contributed by atoms with Crippen molar-refractivity contribution in [1.29, 1.82) is 0 Å². The minimum absolute atomic E-state index is 0.0698. The number of furan rings is 1. The van der Waals surface area contributed by atoms with Crippen LogP contribution in [-0.2, 0) is 23.3 Å². The number of carbonyl (C=O) groups excluding carboxylic acids is 2. The molecular formula is C19H20N4O4. The summed E-state index contributed by atoms with van der Waals surface area (Å²) >= 11 is 0. The second-order valence-electron chi connectivity index (χ2n) is 6.80. The number of unbranched alkanes of at least 4 members (excludes halogenated alkanes) is 1. The second kappa shape index (κ2) is 6.53. The van der Waals surface area contributed by atoms with Gasteiger partial charge in [-0.2, -0.15) is 4.98 Å². The van der Waals surface area contributed by atoms with Crippen molar-refractivity contribution in [3.05, 3.63) is 47.8 Å². The van der Waals surface area contributed by atoms with E-state index in [4.69, 9.17) is 8.94 Å². The highest BCUT2D eigenvalue weighted by Gasteiger charge is 2.51. The molecule has 1 atom stereocenters. The van der Waals surface area contributed by atoms with Gasteiger partial charge in [0.2, 0.25) is 5.89 Å². The molecule has 1 saturated heterocycles. The number of rotatable bonds is 6. The summed E-state index contributed by atoms with van der Waals surface area (Å²) in [4.78, 5) is 30.8. The van der Waals surface area contributed by atoms with Gasteiger partial charge in [-0.25, -0.2) is 4.79 Å². The number of carbonyl (C=O) groups is 2. The highest BCUT2D eigenvalue weighted by molar-refractivity contribution is 6.07. The Labute approximate surface area is 155 Å². The first-order valence-electron chi connectivity index (χ1n) is 8.96. The van der Waals surface area contributed by atoms with Gasteiger partial charge in [0.1, 0.15) is 17.9 Å². The molecule has 1 unspecified atom stereocenters. The fourth-order valence-electron chi connectivity index (χ4n) is 3.16. The van der Waals surface area contributed by atoms with E-state index in [2.05, 4.69) is 22.4 Å². The number of urea groups is 1. The Hall–Kier alpha value is -3.16. The molecule has 8 heteroatoms. The number of nitrogens with one attached hydrogen (secondary N) is 1. The highest BCUT2D eigenvalue weighted by Crippen LogP contribution is 2.33. The molecule has 3 aromatic rings. The van der Waals surface area contributed by atoms with Crippen LogP contribution in [-0.4, -0.2) is 27.0 Å². The predicted octanol–water partition coefficient (Wildman–Crippen LogP) is 3.13. The van der Waals surface area contributed by atoms with E-state index >= 15 is 0 Å². The fraction of sp³-hybridized carbons (Fsp3) is 0.368. The van der Waals surface area contributed by atoms with Gasteiger partial charge in [0.05, 0.1) is 0 Å². The van der Waals surface area contributed by atoms with E-state index in [1.54, 1.807) is 13.0 Å². The van der Waals surface area contributed by atoms with Gasteiger partial charge in [-0.05, 0) is 25.5 Å². The van der Waals surface area contributed by atoms with Crippen LogP contribution in [0.25, 0.3) is 11.0 Å². The number of amides is 3. The number of nitrogens with zero attached hydrogens (tertiary/aromatic N) is 3. The first-order valence-corrected chi connectivity index (χ1v) is 8.96. The molecule has 140 valence electrons.